The summed E-state index contributed by atoms with van der Waals surface area (Å²) in [6, 6.07) is 0. The molecule has 0 unspecified atom stereocenters. The molecule has 0 atom stereocenters. The van der Waals surface area contributed by atoms with Gasteiger partial charge in [0.15, 0.2) is 0 Å². The van der Waals surface area contributed by atoms with Crippen molar-refractivity contribution >= 4 is 0 Å². The Hall–Kier alpha value is -0.720. The standard InChI is InChI=1S/C15H27N/c1-14(2)8-7-9-15(3)10-13-16-11-5-4-6-12-16/h9-10,13-14H,4-8,11-12H2,1-3H3. The Kier molecular flexibility index (Phi) is 6.29. The zero-order chi connectivity index (χ0) is 11.8. The molecule has 0 aliphatic carbocycles. The van der Waals surface area contributed by atoms with Gasteiger partial charge in [-0.2, -0.15) is 0 Å². The Morgan fingerprint density at radius 2 is 1.88 bits per heavy atom. The van der Waals surface area contributed by atoms with Crippen LogP contribution < -0.4 is 0 Å². The average molecular weight is 221 g/mol. The van der Waals surface area contributed by atoms with E-state index in [1.165, 1.54) is 50.8 Å². The molecule has 0 bridgehead atoms. The van der Waals surface area contributed by atoms with Gasteiger partial charge in [-0.1, -0.05) is 25.5 Å². The van der Waals surface area contributed by atoms with Crippen LogP contribution in [0.3, 0.4) is 0 Å². The summed E-state index contributed by atoms with van der Waals surface area (Å²) in [6.45, 7) is 9.27. The molecule has 0 aromatic carbocycles. The molecule has 1 aliphatic rings. The molecule has 1 rings (SSSR count). The van der Waals surface area contributed by atoms with Gasteiger partial charge in [0.05, 0.1) is 0 Å². The molecule has 0 amide bonds. The van der Waals surface area contributed by atoms with Gasteiger partial charge >= 0.3 is 0 Å². The topological polar surface area (TPSA) is 3.24 Å². The van der Waals surface area contributed by atoms with Gasteiger partial charge in [-0.25, -0.2) is 0 Å². The number of hydrogen-bond acceptors (Lipinski definition) is 1. The molecule has 0 aromatic rings. The Bertz CT molecular complexity index is 232. The van der Waals surface area contributed by atoms with Crippen LogP contribution in [-0.4, -0.2) is 18.0 Å². The van der Waals surface area contributed by atoms with E-state index < -0.39 is 0 Å². The number of rotatable bonds is 5. The number of nitrogens with zero attached hydrogens (tertiary/aromatic N) is 1. The van der Waals surface area contributed by atoms with Crippen LogP contribution in [0, 0.1) is 5.92 Å². The maximum absolute atomic E-state index is 2.45. The van der Waals surface area contributed by atoms with Crippen molar-refractivity contribution in [3.05, 3.63) is 23.9 Å². The molecule has 1 heterocycles. The van der Waals surface area contributed by atoms with Gasteiger partial charge in [-0.3, -0.25) is 0 Å². The zero-order valence-corrected chi connectivity index (χ0v) is 11.2. The van der Waals surface area contributed by atoms with Crippen molar-refractivity contribution in [2.24, 2.45) is 5.92 Å². The lowest BCUT2D eigenvalue weighted by Crippen LogP contribution is -2.24. The highest BCUT2D eigenvalue weighted by Crippen LogP contribution is 2.11. The maximum Gasteiger partial charge on any atom is 0.0172 e. The third-order valence-electron chi connectivity index (χ3n) is 3.15. The number of likely N-dealkylation sites (tertiary alicyclic amines) is 1. The van der Waals surface area contributed by atoms with Crippen molar-refractivity contribution in [1.29, 1.82) is 0 Å². The van der Waals surface area contributed by atoms with E-state index in [9.17, 15) is 0 Å². The molecule has 16 heavy (non-hydrogen) atoms. The van der Waals surface area contributed by atoms with Crippen molar-refractivity contribution in [3.63, 3.8) is 0 Å². The van der Waals surface area contributed by atoms with E-state index in [1.807, 2.05) is 0 Å². The maximum atomic E-state index is 2.45. The highest BCUT2D eigenvalue weighted by atomic mass is 15.1. The third kappa shape index (κ3) is 5.99. The van der Waals surface area contributed by atoms with Crippen LogP contribution in [0.4, 0.5) is 0 Å². The molecule has 1 saturated heterocycles. The van der Waals surface area contributed by atoms with Crippen molar-refractivity contribution in [1.82, 2.24) is 4.90 Å². The molecule has 0 spiro atoms. The van der Waals surface area contributed by atoms with Crippen LogP contribution in [-0.2, 0) is 0 Å². The molecule has 92 valence electrons. The molecule has 0 saturated carbocycles. The summed E-state index contributed by atoms with van der Waals surface area (Å²) >= 11 is 0. The molecule has 1 heteroatoms. The van der Waals surface area contributed by atoms with Gasteiger partial charge in [0.2, 0.25) is 0 Å². The van der Waals surface area contributed by atoms with Gasteiger partial charge in [0.1, 0.15) is 0 Å². The predicted molar refractivity (Wildman–Crippen MR) is 72.4 cm³/mol. The second-order valence-corrected chi connectivity index (χ2v) is 5.33. The monoisotopic (exact) mass is 221 g/mol. The minimum absolute atomic E-state index is 0.815. The Labute approximate surface area is 101 Å². The minimum atomic E-state index is 0.815. The summed E-state index contributed by atoms with van der Waals surface area (Å²) in [5, 5.41) is 0. The smallest absolute Gasteiger partial charge is 0.0172 e. The van der Waals surface area contributed by atoms with Gasteiger partial charge in [-0.15, -0.1) is 0 Å². The van der Waals surface area contributed by atoms with Gasteiger partial charge in [0.25, 0.3) is 0 Å². The van der Waals surface area contributed by atoms with Crippen molar-refractivity contribution < 1.29 is 0 Å². The van der Waals surface area contributed by atoms with Crippen molar-refractivity contribution in [2.75, 3.05) is 13.1 Å². The normalized spacial score (nSPS) is 18.8. The Morgan fingerprint density at radius 1 is 1.19 bits per heavy atom. The van der Waals surface area contributed by atoms with E-state index in [-0.39, 0.29) is 0 Å². The third-order valence-corrected chi connectivity index (χ3v) is 3.15. The van der Waals surface area contributed by atoms with Crippen LogP contribution in [0.15, 0.2) is 23.9 Å². The summed E-state index contributed by atoms with van der Waals surface area (Å²) in [7, 11) is 0. The fourth-order valence-electron chi connectivity index (χ4n) is 2.00. The van der Waals surface area contributed by atoms with Crippen molar-refractivity contribution in [3.8, 4) is 0 Å². The first-order chi connectivity index (χ1) is 7.68. The van der Waals surface area contributed by atoms with Crippen LogP contribution in [0.5, 0.6) is 0 Å². The van der Waals surface area contributed by atoms with E-state index in [4.69, 9.17) is 0 Å². The van der Waals surface area contributed by atoms with Crippen LogP contribution >= 0.6 is 0 Å². The lowest BCUT2D eigenvalue weighted by molar-refractivity contribution is 0.309. The van der Waals surface area contributed by atoms with Gasteiger partial charge in [-0.05, 0) is 57.2 Å². The van der Waals surface area contributed by atoms with Crippen LogP contribution in [0.1, 0.15) is 52.9 Å². The molecule has 1 nitrogen and oxygen atoms in total. The second-order valence-electron chi connectivity index (χ2n) is 5.33. The molecular formula is C15H27N. The van der Waals surface area contributed by atoms with Gasteiger partial charge < -0.3 is 4.90 Å². The molecule has 1 fully saturated rings. The first kappa shape index (κ1) is 13.3. The van der Waals surface area contributed by atoms with E-state index >= 15 is 0 Å². The summed E-state index contributed by atoms with van der Waals surface area (Å²) in [5.41, 5.74) is 1.41. The number of allylic oxidation sites excluding steroid dienone is 3. The minimum Gasteiger partial charge on any atom is -0.377 e. The number of piperidine rings is 1. The van der Waals surface area contributed by atoms with Gasteiger partial charge in [0, 0.05) is 13.1 Å². The average Bonchev–Trinajstić information content (AvgIpc) is 2.27. The molecule has 0 N–H and O–H groups in total. The van der Waals surface area contributed by atoms with E-state index in [2.05, 4.69) is 44.0 Å². The first-order valence-electron chi connectivity index (χ1n) is 6.77. The summed E-state index contributed by atoms with van der Waals surface area (Å²) in [4.78, 5) is 2.45. The number of hydrogen-bond donors (Lipinski definition) is 0. The second kappa shape index (κ2) is 7.54. The largest absolute Gasteiger partial charge is 0.377 e. The lowest BCUT2D eigenvalue weighted by atomic mass is 10.1. The van der Waals surface area contributed by atoms with Crippen molar-refractivity contribution in [2.45, 2.75) is 52.9 Å². The quantitative estimate of drug-likeness (QED) is 0.623. The molecule has 0 radical (unpaired) electrons. The molecular weight excluding hydrogens is 194 g/mol. The van der Waals surface area contributed by atoms with Crippen LogP contribution in [0.25, 0.3) is 0 Å². The fraction of sp³-hybridized carbons (Fsp3) is 0.733. The van der Waals surface area contributed by atoms with Crippen LogP contribution in [0.2, 0.25) is 0 Å². The fourth-order valence-corrected chi connectivity index (χ4v) is 2.00. The highest BCUT2D eigenvalue weighted by Gasteiger charge is 2.04. The Morgan fingerprint density at radius 3 is 2.50 bits per heavy atom. The molecule has 1 aliphatic heterocycles. The highest BCUT2D eigenvalue weighted by molar-refractivity contribution is 5.15. The molecule has 0 aromatic heterocycles. The first-order valence-corrected chi connectivity index (χ1v) is 6.77. The summed E-state index contributed by atoms with van der Waals surface area (Å²) in [6.07, 6.45) is 13.6. The lowest BCUT2D eigenvalue weighted by Gasteiger charge is -2.24. The summed E-state index contributed by atoms with van der Waals surface area (Å²) < 4.78 is 0. The Balaban J connectivity index is 2.25. The SMILES string of the molecule is CC(C=CN1CCCCC1)=CCCC(C)C. The summed E-state index contributed by atoms with van der Waals surface area (Å²) in [5.74, 6) is 0.815. The van der Waals surface area contributed by atoms with E-state index in [0.717, 1.165) is 5.92 Å². The predicted octanol–water partition coefficient (Wildman–Crippen LogP) is 4.37. The zero-order valence-electron chi connectivity index (χ0n) is 11.2. The van der Waals surface area contributed by atoms with E-state index in [1.54, 1.807) is 0 Å². The van der Waals surface area contributed by atoms with E-state index in [0.29, 0.717) is 0 Å².